The van der Waals surface area contributed by atoms with Gasteiger partial charge in [0.1, 0.15) is 6.33 Å². The summed E-state index contributed by atoms with van der Waals surface area (Å²) in [5.74, 6) is 2.39. The van der Waals surface area contributed by atoms with Crippen molar-refractivity contribution < 1.29 is 0 Å². The number of fused-ring (bicyclic) bond motifs is 3. The minimum Gasteiger partial charge on any atom is -0.261 e. The molecule has 4 aliphatic carbocycles. The summed E-state index contributed by atoms with van der Waals surface area (Å²) >= 11 is 0. The van der Waals surface area contributed by atoms with Crippen LogP contribution in [0.5, 0.6) is 0 Å². The first kappa shape index (κ1) is 15.1. The maximum atomic E-state index is 4.88. The summed E-state index contributed by atoms with van der Waals surface area (Å²) in [6, 6.07) is 0. The predicted molar refractivity (Wildman–Crippen MR) is 97.0 cm³/mol. The Labute approximate surface area is 159 Å². The fourth-order valence-corrected chi connectivity index (χ4v) is 6.92. The van der Waals surface area contributed by atoms with Gasteiger partial charge in [0, 0.05) is 6.42 Å². The van der Waals surface area contributed by atoms with Gasteiger partial charge in [0.25, 0.3) is 0 Å². The van der Waals surface area contributed by atoms with Crippen LogP contribution in [-0.2, 0) is 12.0 Å². The smallest absolute Gasteiger partial charge is 0.170 e. The Morgan fingerprint density at radius 3 is 2.89 bits per heavy atom. The van der Waals surface area contributed by atoms with Gasteiger partial charge in [-0.1, -0.05) is 0 Å². The Morgan fingerprint density at radius 2 is 2.07 bits per heavy atom. The lowest BCUT2D eigenvalue weighted by atomic mass is 9.46. The third-order valence-corrected chi connectivity index (χ3v) is 7.29. The van der Waals surface area contributed by atoms with Crippen molar-refractivity contribution in [1.29, 1.82) is 0 Å². The first-order valence-electron chi connectivity index (χ1n) is 9.97. The summed E-state index contributed by atoms with van der Waals surface area (Å²) in [5, 5.41) is 25.4. The van der Waals surface area contributed by atoms with Crippen LogP contribution in [0.25, 0.3) is 16.7 Å². The highest BCUT2D eigenvalue weighted by atomic mass is 15.6. The number of H-pyrrole nitrogens is 1. The maximum absolute atomic E-state index is 4.88. The zero-order valence-corrected chi connectivity index (χ0v) is 15.4. The Morgan fingerprint density at radius 1 is 1.18 bits per heavy atom. The third kappa shape index (κ3) is 1.95. The monoisotopic (exact) mass is 376 g/mol. The molecule has 8 rings (SSSR count). The van der Waals surface area contributed by atoms with Crippen LogP contribution in [0.3, 0.4) is 0 Å². The number of hydrogen-bond acceptors (Lipinski definition) is 7. The molecule has 10 heteroatoms. The van der Waals surface area contributed by atoms with E-state index in [-0.39, 0.29) is 11.0 Å². The van der Waals surface area contributed by atoms with E-state index in [1.807, 2.05) is 4.80 Å². The highest BCUT2D eigenvalue weighted by Gasteiger charge is 2.59. The van der Waals surface area contributed by atoms with Gasteiger partial charge in [-0.15, -0.1) is 15.3 Å². The summed E-state index contributed by atoms with van der Waals surface area (Å²) in [5.41, 5.74) is 1.83. The molecule has 4 fully saturated rings. The molecule has 0 saturated heterocycles. The average Bonchev–Trinajstić information content (AvgIpc) is 3.40. The number of tetrazole rings is 1. The van der Waals surface area contributed by atoms with E-state index in [0.29, 0.717) is 0 Å². The largest absolute Gasteiger partial charge is 0.261 e. The fourth-order valence-electron chi connectivity index (χ4n) is 6.92. The molecule has 0 spiro atoms. The molecule has 0 aromatic carbocycles. The lowest BCUT2D eigenvalue weighted by Crippen LogP contribution is -2.57. The van der Waals surface area contributed by atoms with Crippen molar-refractivity contribution in [3.8, 4) is 0 Å². The van der Waals surface area contributed by atoms with Gasteiger partial charge in [0.05, 0.1) is 17.1 Å². The first-order chi connectivity index (χ1) is 13.7. The second kappa shape index (κ2) is 4.92. The topological polar surface area (TPSA) is 115 Å². The second-order valence-corrected chi connectivity index (χ2v) is 9.26. The molecular weight excluding hydrogens is 356 g/mol. The van der Waals surface area contributed by atoms with E-state index in [1.165, 1.54) is 32.1 Å². The Balaban J connectivity index is 1.29. The van der Waals surface area contributed by atoms with E-state index in [9.17, 15) is 0 Å². The number of aromatic amines is 1. The number of nitrogens with one attached hydrogen (secondary N) is 1. The molecule has 0 radical (unpaired) electrons. The average molecular weight is 376 g/mol. The molecule has 142 valence electrons. The van der Waals surface area contributed by atoms with E-state index < -0.39 is 0 Å². The van der Waals surface area contributed by atoms with Crippen LogP contribution in [0, 0.1) is 17.3 Å². The van der Waals surface area contributed by atoms with Crippen LogP contribution in [0.4, 0.5) is 0 Å². The molecule has 10 nitrogen and oxygen atoms in total. The van der Waals surface area contributed by atoms with Gasteiger partial charge in [-0.2, -0.15) is 9.90 Å². The van der Waals surface area contributed by atoms with Crippen molar-refractivity contribution in [1.82, 2.24) is 50.0 Å². The quantitative estimate of drug-likeness (QED) is 0.576. The third-order valence-electron chi connectivity index (χ3n) is 7.29. The summed E-state index contributed by atoms with van der Waals surface area (Å²) in [6.07, 6.45) is 13.3. The van der Waals surface area contributed by atoms with E-state index in [1.54, 1.807) is 23.4 Å². The van der Waals surface area contributed by atoms with E-state index >= 15 is 0 Å². The molecule has 4 bridgehead atoms. The first-order valence-corrected chi connectivity index (χ1v) is 9.97. The lowest BCUT2D eigenvalue weighted by Gasteiger charge is -2.61. The van der Waals surface area contributed by atoms with Gasteiger partial charge < -0.3 is 0 Å². The summed E-state index contributed by atoms with van der Waals surface area (Å²) in [4.78, 5) is 11.2. The molecule has 0 amide bonds. The zero-order valence-electron chi connectivity index (χ0n) is 15.4. The van der Waals surface area contributed by atoms with Crippen molar-refractivity contribution in [2.75, 3.05) is 0 Å². The van der Waals surface area contributed by atoms with Gasteiger partial charge in [0.2, 0.25) is 0 Å². The fraction of sp³-hybridized carbons (Fsp3) is 0.611. The van der Waals surface area contributed by atoms with Gasteiger partial charge in [-0.05, 0) is 61.0 Å². The van der Waals surface area contributed by atoms with E-state index in [2.05, 4.69) is 30.6 Å². The Kier molecular flexibility index (Phi) is 2.65. The minimum atomic E-state index is 0.0269. The molecule has 2 unspecified atom stereocenters. The normalized spacial score (nSPS) is 34.0. The van der Waals surface area contributed by atoms with Crippen molar-refractivity contribution in [2.24, 2.45) is 17.3 Å². The van der Waals surface area contributed by atoms with Crippen LogP contribution in [0.2, 0.25) is 0 Å². The van der Waals surface area contributed by atoms with Gasteiger partial charge in [-0.3, -0.25) is 5.10 Å². The standard InChI is InChI=1S/C18H20N10/c1-11-2-17(3-12(1)5-18(4-11,8-17)28-22-9-21-26-28)6-14-23-16-13-7-20-24-15(13)19-10-27(16)25-14/h7,9-12H,1-6,8H2,(H,20,24)/t11-,12+,17?,18?. The Hall–Kier alpha value is -2.91. The van der Waals surface area contributed by atoms with Crippen molar-refractivity contribution in [2.45, 2.75) is 50.5 Å². The number of rotatable bonds is 3. The molecule has 4 aromatic rings. The number of aromatic nitrogens is 10. The molecule has 4 atom stereocenters. The zero-order chi connectivity index (χ0) is 18.3. The van der Waals surface area contributed by atoms with E-state index in [4.69, 9.17) is 10.1 Å². The van der Waals surface area contributed by atoms with Crippen LogP contribution < -0.4 is 0 Å². The summed E-state index contributed by atoms with van der Waals surface area (Å²) in [7, 11) is 0. The van der Waals surface area contributed by atoms with Crippen LogP contribution in [0.15, 0.2) is 18.9 Å². The van der Waals surface area contributed by atoms with Crippen molar-refractivity contribution >= 4 is 16.7 Å². The highest BCUT2D eigenvalue weighted by molar-refractivity contribution is 5.87. The van der Waals surface area contributed by atoms with E-state index in [0.717, 1.165) is 47.2 Å². The molecule has 4 aliphatic rings. The van der Waals surface area contributed by atoms with Crippen LogP contribution >= 0.6 is 0 Å². The molecule has 28 heavy (non-hydrogen) atoms. The predicted octanol–water partition coefficient (Wildman–Crippen LogP) is 1.53. The molecule has 4 heterocycles. The highest BCUT2D eigenvalue weighted by Crippen LogP contribution is 2.64. The van der Waals surface area contributed by atoms with Crippen LogP contribution in [0.1, 0.15) is 44.3 Å². The lowest BCUT2D eigenvalue weighted by molar-refractivity contribution is -0.112. The Bertz CT molecular complexity index is 1170. The molecule has 1 N–H and O–H groups in total. The summed E-state index contributed by atoms with van der Waals surface area (Å²) in [6.45, 7) is 0. The number of nitrogens with zero attached hydrogens (tertiary/aromatic N) is 9. The number of hydrogen-bond donors (Lipinski definition) is 1. The minimum absolute atomic E-state index is 0.0269. The van der Waals surface area contributed by atoms with Gasteiger partial charge >= 0.3 is 0 Å². The maximum Gasteiger partial charge on any atom is 0.170 e. The molecular formula is C18H20N10. The van der Waals surface area contributed by atoms with Crippen molar-refractivity contribution in [3.63, 3.8) is 0 Å². The van der Waals surface area contributed by atoms with Crippen molar-refractivity contribution in [3.05, 3.63) is 24.7 Å². The molecule has 0 aliphatic heterocycles. The van der Waals surface area contributed by atoms with Gasteiger partial charge in [0.15, 0.2) is 23.4 Å². The van der Waals surface area contributed by atoms with Gasteiger partial charge in [-0.25, -0.2) is 14.5 Å². The molecule has 4 saturated carbocycles. The van der Waals surface area contributed by atoms with Crippen LogP contribution in [-0.4, -0.2) is 50.0 Å². The summed E-state index contributed by atoms with van der Waals surface area (Å²) < 4.78 is 1.78. The SMILES string of the molecule is c1nnn(C23C[C@@H]4C[C@@H](CC(Cc5nc6c7cn[nH]c7ncn6n5)(C4)C2)C3)n1. The second-order valence-electron chi connectivity index (χ2n) is 9.26. The molecule has 4 aromatic heterocycles.